The van der Waals surface area contributed by atoms with E-state index in [1.54, 1.807) is 0 Å². The van der Waals surface area contributed by atoms with Crippen LogP contribution in [0.4, 0.5) is 0 Å². The van der Waals surface area contributed by atoms with Gasteiger partial charge in [0.1, 0.15) is 0 Å². The molecule has 4 nitrogen and oxygen atoms in total. The molecule has 0 spiro atoms. The summed E-state index contributed by atoms with van der Waals surface area (Å²) in [5, 5.41) is 2.68. The van der Waals surface area contributed by atoms with Crippen molar-refractivity contribution in [3.8, 4) is 0 Å². The number of nitrogens with one attached hydrogen (secondary N) is 2. The van der Waals surface area contributed by atoms with Gasteiger partial charge >= 0.3 is 5.91 Å². The topological polar surface area (TPSA) is 50.6 Å². The number of amides is 2. The molecule has 2 unspecified atom stereocenters. The van der Waals surface area contributed by atoms with Crippen LogP contribution in [0.25, 0.3) is 0 Å². The largest absolute Gasteiger partial charge is 0.371 e. The van der Waals surface area contributed by atoms with Crippen LogP contribution < -0.4 is 10.2 Å². The quantitative estimate of drug-likeness (QED) is 0.415. The van der Waals surface area contributed by atoms with Gasteiger partial charge in [-0.3, -0.25) is 9.69 Å². The number of hydrogen-bond donors (Lipinski definition) is 2. The third-order valence-corrected chi connectivity index (χ3v) is 2.58. The first kappa shape index (κ1) is 7.73. The average Bonchev–Trinajstić information content (AvgIpc) is 2.36. The highest BCUT2D eigenvalue weighted by Gasteiger charge is 2.62. The fourth-order valence-corrected chi connectivity index (χ4v) is 1.55. The highest BCUT2D eigenvalue weighted by molar-refractivity contribution is 5.84. The number of hydrogen-bond acceptors (Lipinski definition) is 2. The highest BCUT2D eigenvalue weighted by Crippen LogP contribution is 2.05. The molecule has 3 heterocycles. The Morgan fingerprint density at radius 2 is 2.17 bits per heavy atom. The van der Waals surface area contributed by atoms with E-state index in [1.807, 2.05) is 0 Å². The summed E-state index contributed by atoms with van der Waals surface area (Å²) < 4.78 is 0. The van der Waals surface area contributed by atoms with E-state index >= 15 is 0 Å². The summed E-state index contributed by atoms with van der Waals surface area (Å²) in [5.74, 6) is 0.657. The lowest BCUT2D eigenvalue weighted by molar-refractivity contribution is -0.776. The predicted octanol–water partition coefficient (Wildman–Crippen LogP) is -1.92. The molecule has 3 aliphatic heterocycles. The van der Waals surface area contributed by atoms with Crippen molar-refractivity contribution in [2.45, 2.75) is 25.3 Å². The summed E-state index contributed by atoms with van der Waals surface area (Å²) >= 11 is 0. The number of carbonyl (C=O) groups excluding carboxylic acids is 2. The van der Waals surface area contributed by atoms with Crippen molar-refractivity contribution in [3.05, 3.63) is 0 Å². The molecule has 2 N–H and O–H groups in total. The molecule has 0 aromatic carbocycles. The van der Waals surface area contributed by atoms with E-state index in [1.165, 1.54) is 4.90 Å². The van der Waals surface area contributed by atoms with Gasteiger partial charge in [0.05, 0.1) is 13.0 Å². The first-order chi connectivity index (χ1) is 5.79. The first-order valence-corrected chi connectivity index (χ1v) is 4.45. The van der Waals surface area contributed by atoms with Crippen LogP contribution in [0.5, 0.6) is 0 Å². The monoisotopic (exact) mass is 169 g/mol. The van der Waals surface area contributed by atoms with Gasteiger partial charge in [-0.25, -0.2) is 4.79 Å². The van der Waals surface area contributed by atoms with Crippen molar-refractivity contribution in [1.29, 1.82) is 0 Å². The maximum Gasteiger partial charge on any atom is 0.371 e. The zero-order chi connectivity index (χ0) is 8.55. The van der Waals surface area contributed by atoms with E-state index < -0.39 is 0 Å². The smallest absolute Gasteiger partial charge is 0.356 e. The third-order valence-electron chi connectivity index (χ3n) is 2.58. The molecule has 0 aromatic rings. The van der Waals surface area contributed by atoms with Gasteiger partial charge in [-0.2, -0.15) is 0 Å². The third kappa shape index (κ3) is 1.34. The molecule has 0 aromatic heterocycles. The van der Waals surface area contributed by atoms with E-state index in [0.717, 1.165) is 32.4 Å². The SMILES string of the molecule is O=C1C2CC[NH+]12.O=C1CCCN1. The Balaban J connectivity index is 0.0000000939. The zero-order valence-electron chi connectivity index (χ0n) is 6.93. The maximum atomic E-state index is 10.2. The second kappa shape index (κ2) is 2.86. The number of quaternary nitrogens is 1. The number of carbonyl (C=O) groups is 2. The molecule has 0 radical (unpaired) electrons. The van der Waals surface area contributed by atoms with Crippen LogP contribution in [-0.4, -0.2) is 30.9 Å². The summed E-state index contributed by atoms with van der Waals surface area (Å²) in [5.41, 5.74) is 0. The van der Waals surface area contributed by atoms with E-state index in [9.17, 15) is 9.59 Å². The van der Waals surface area contributed by atoms with Crippen LogP contribution >= 0.6 is 0 Å². The Morgan fingerprint density at radius 1 is 1.42 bits per heavy atom. The van der Waals surface area contributed by atoms with Crippen molar-refractivity contribution in [1.82, 2.24) is 5.32 Å². The molecule has 0 aliphatic carbocycles. The molecule has 3 fully saturated rings. The van der Waals surface area contributed by atoms with Crippen molar-refractivity contribution >= 4 is 11.8 Å². The Labute approximate surface area is 70.9 Å². The van der Waals surface area contributed by atoms with Gasteiger partial charge in [0.2, 0.25) is 11.9 Å². The van der Waals surface area contributed by atoms with Crippen LogP contribution in [0.3, 0.4) is 0 Å². The van der Waals surface area contributed by atoms with Crippen LogP contribution in [-0.2, 0) is 9.59 Å². The summed E-state index contributed by atoms with van der Waals surface area (Å²) in [4.78, 5) is 21.6. The molecule has 3 saturated heterocycles. The minimum atomic E-state index is 0.204. The van der Waals surface area contributed by atoms with Gasteiger partial charge < -0.3 is 5.32 Å². The fourth-order valence-electron chi connectivity index (χ4n) is 1.55. The van der Waals surface area contributed by atoms with E-state index in [0.29, 0.717) is 11.9 Å². The highest BCUT2D eigenvalue weighted by atomic mass is 16.2. The van der Waals surface area contributed by atoms with Crippen LogP contribution in [0.1, 0.15) is 19.3 Å². The van der Waals surface area contributed by atoms with Gasteiger partial charge in [-0.05, 0) is 6.42 Å². The summed E-state index contributed by atoms with van der Waals surface area (Å²) in [6, 6.07) is 0.477. The van der Waals surface area contributed by atoms with Gasteiger partial charge in [0, 0.05) is 13.0 Å². The molecule has 2 atom stereocenters. The lowest BCUT2D eigenvalue weighted by atomic mass is 10.2. The average molecular weight is 169 g/mol. The minimum Gasteiger partial charge on any atom is -0.356 e. The summed E-state index contributed by atoms with van der Waals surface area (Å²) in [6.07, 6.45) is 2.92. The van der Waals surface area contributed by atoms with Gasteiger partial charge in [-0.1, -0.05) is 0 Å². The predicted molar refractivity (Wildman–Crippen MR) is 41.5 cm³/mol. The molecular weight excluding hydrogens is 156 g/mol. The van der Waals surface area contributed by atoms with Crippen LogP contribution in [0.15, 0.2) is 0 Å². The molecule has 3 rings (SSSR count). The standard InChI is InChI=1S/C4H5NO.C4H7NO/c6-4-3-1-2-5(3)4;6-4-2-1-3-5-4/h3H,1-2H2;1-3H2,(H,5,6)/p+1. The molecule has 12 heavy (non-hydrogen) atoms. The van der Waals surface area contributed by atoms with Crippen molar-refractivity contribution < 1.29 is 14.5 Å². The maximum absolute atomic E-state index is 10.2. The zero-order valence-corrected chi connectivity index (χ0v) is 6.93. The second-order valence-corrected chi connectivity index (χ2v) is 3.43. The molecule has 66 valence electrons. The lowest BCUT2D eigenvalue weighted by Gasteiger charge is -1.99. The van der Waals surface area contributed by atoms with E-state index in [2.05, 4.69) is 5.32 Å². The molecular formula is C8H13N2O2+. The molecule has 2 amide bonds. The number of rotatable bonds is 0. The van der Waals surface area contributed by atoms with Crippen molar-refractivity contribution in [3.63, 3.8) is 0 Å². The van der Waals surface area contributed by atoms with E-state index in [-0.39, 0.29) is 5.91 Å². The normalized spacial score (nSPS) is 35.7. The van der Waals surface area contributed by atoms with Crippen molar-refractivity contribution in [2.24, 2.45) is 0 Å². The number of fused-ring (bicyclic) bond motifs is 1. The van der Waals surface area contributed by atoms with Gasteiger partial charge in [0.25, 0.3) is 0 Å². The summed E-state index contributed by atoms with van der Waals surface area (Å²) in [6.45, 7) is 2.00. The Morgan fingerprint density at radius 3 is 2.25 bits per heavy atom. The lowest BCUT2D eigenvalue weighted by Crippen LogP contribution is -3.01. The Hall–Kier alpha value is -0.900. The fraction of sp³-hybridized carbons (Fsp3) is 0.750. The Bertz CT molecular complexity index is 205. The van der Waals surface area contributed by atoms with Crippen LogP contribution in [0.2, 0.25) is 0 Å². The van der Waals surface area contributed by atoms with Gasteiger partial charge in [0.15, 0.2) is 0 Å². The molecule has 0 saturated carbocycles. The Kier molecular flexibility index (Phi) is 1.84. The molecule has 4 heteroatoms. The molecule has 0 bridgehead atoms. The van der Waals surface area contributed by atoms with E-state index in [4.69, 9.17) is 0 Å². The minimum absolute atomic E-state index is 0.204. The van der Waals surface area contributed by atoms with Gasteiger partial charge in [-0.15, -0.1) is 0 Å². The first-order valence-electron chi connectivity index (χ1n) is 4.45. The second-order valence-electron chi connectivity index (χ2n) is 3.43. The summed E-state index contributed by atoms with van der Waals surface area (Å²) in [7, 11) is 0. The van der Waals surface area contributed by atoms with Crippen molar-refractivity contribution in [2.75, 3.05) is 13.1 Å². The van der Waals surface area contributed by atoms with Crippen LogP contribution in [0, 0.1) is 0 Å². The molecule has 3 aliphatic rings.